The van der Waals surface area contributed by atoms with Crippen LogP contribution in [0.25, 0.3) is 0 Å². The Balaban J connectivity index is 2.82. The zero-order chi connectivity index (χ0) is 10.6. The molecule has 0 unspecified atom stereocenters. The van der Waals surface area contributed by atoms with Gasteiger partial charge in [-0.25, -0.2) is 0 Å². The number of benzene rings is 1. The predicted octanol–water partition coefficient (Wildman–Crippen LogP) is 1.98. The molecule has 2 N–H and O–H groups in total. The number of halogens is 1. The molecule has 3 heteroatoms. The largest absolute Gasteiger partial charge is 0.396 e. The van der Waals surface area contributed by atoms with Gasteiger partial charge < -0.3 is 10.2 Å². The first kappa shape index (κ1) is 11.7. The van der Waals surface area contributed by atoms with E-state index in [9.17, 15) is 0 Å². The second-order valence-corrected chi connectivity index (χ2v) is 4.75. The molecular formula is C11H15BrO2. The molecule has 0 aromatic heterocycles. The Kier molecular flexibility index (Phi) is 4.11. The molecule has 0 saturated carbocycles. The van der Waals surface area contributed by atoms with Crippen molar-refractivity contribution in [3.05, 3.63) is 34.3 Å². The number of hydrogen-bond donors (Lipinski definition) is 2. The molecule has 14 heavy (non-hydrogen) atoms. The van der Waals surface area contributed by atoms with E-state index in [1.807, 2.05) is 31.2 Å². The van der Waals surface area contributed by atoms with E-state index in [1.54, 1.807) is 0 Å². The molecule has 1 aromatic carbocycles. The highest BCUT2D eigenvalue weighted by atomic mass is 79.9. The first-order chi connectivity index (χ1) is 6.61. The fourth-order valence-corrected chi connectivity index (χ4v) is 1.69. The maximum atomic E-state index is 9.16. The maximum absolute atomic E-state index is 9.16. The Morgan fingerprint density at radius 3 is 2.29 bits per heavy atom. The fourth-order valence-electron chi connectivity index (χ4n) is 1.26. The summed E-state index contributed by atoms with van der Waals surface area (Å²) in [5.41, 5.74) is 0.669. The molecule has 0 aliphatic heterocycles. The minimum atomic E-state index is -0.441. The van der Waals surface area contributed by atoms with Crippen molar-refractivity contribution in [1.82, 2.24) is 0 Å². The highest BCUT2D eigenvalue weighted by Gasteiger charge is 2.23. The van der Waals surface area contributed by atoms with Crippen molar-refractivity contribution in [2.75, 3.05) is 13.2 Å². The number of aliphatic hydroxyl groups excluding tert-OH is 2. The molecule has 0 saturated heterocycles. The number of aliphatic hydroxyl groups is 2. The Morgan fingerprint density at radius 2 is 1.79 bits per heavy atom. The Hall–Kier alpha value is -0.380. The summed E-state index contributed by atoms with van der Waals surface area (Å²) in [6.07, 6.45) is 0.668. The molecule has 1 aromatic rings. The van der Waals surface area contributed by atoms with Crippen LogP contribution in [0.5, 0.6) is 0 Å². The van der Waals surface area contributed by atoms with Gasteiger partial charge >= 0.3 is 0 Å². The van der Waals surface area contributed by atoms with E-state index in [0.717, 1.165) is 10.0 Å². The number of hydrogen-bond acceptors (Lipinski definition) is 2. The molecule has 0 fully saturated rings. The van der Waals surface area contributed by atoms with Gasteiger partial charge in [0.15, 0.2) is 0 Å². The summed E-state index contributed by atoms with van der Waals surface area (Å²) >= 11 is 3.44. The van der Waals surface area contributed by atoms with Crippen LogP contribution in [0, 0.1) is 5.41 Å². The molecule has 0 amide bonds. The Bertz CT molecular complexity index is 295. The average molecular weight is 259 g/mol. The molecule has 0 aliphatic carbocycles. The quantitative estimate of drug-likeness (QED) is 0.868. The predicted molar refractivity (Wildman–Crippen MR) is 60.1 cm³/mol. The molecule has 1 rings (SSSR count). The monoisotopic (exact) mass is 258 g/mol. The second-order valence-electron chi connectivity index (χ2n) is 3.90. The van der Waals surface area contributed by atoms with E-state index in [0.29, 0.717) is 6.42 Å². The van der Waals surface area contributed by atoms with E-state index >= 15 is 0 Å². The smallest absolute Gasteiger partial charge is 0.0509 e. The van der Waals surface area contributed by atoms with Gasteiger partial charge in [0.25, 0.3) is 0 Å². The second kappa shape index (κ2) is 4.91. The van der Waals surface area contributed by atoms with Crippen LogP contribution < -0.4 is 0 Å². The third-order valence-corrected chi connectivity index (χ3v) is 3.11. The van der Waals surface area contributed by atoms with Crippen molar-refractivity contribution < 1.29 is 10.2 Å². The summed E-state index contributed by atoms with van der Waals surface area (Å²) in [6.45, 7) is 1.85. The van der Waals surface area contributed by atoms with Crippen LogP contribution in [0.15, 0.2) is 28.7 Å². The van der Waals surface area contributed by atoms with Crippen molar-refractivity contribution >= 4 is 15.9 Å². The molecule has 0 atom stereocenters. The zero-order valence-corrected chi connectivity index (χ0v) is 9.79. The van der Waals surface area contributed by atoms with Crippen LogP contribution in [-0.2, 0) is 6.42 Å². The topological polar surface area (TPSA) is 40.5 Å². The van der Waals surface area contributed by atoms with Crippen molar-refractivity contribution in [1.29, 1.82) is 0 Å². The number of rotatable bonds is 4. The lowest BCUT2D eigenvalue weighted by Crippen LogP contribution is -2.28. The summed E-state index contributed by atoms with van der Waals surface area (Å²) in [5, 5.41) is 18.3. The highest BCUT2D eigenvalue weighted by Crippen LogP contribution is 2.26. The first-order valence-electron chi connectivity index (χ1n) is 4.56. The SMILES string of the molecule is CC(CO)(CO)Cc1ccccc1Br. The fraction of sp³-hybridized carbons (Fsp3) is 0.455. The van der Waals surface area contributed by atoms with E-state index < -0.39 is 5.41 Å². The molecule has 0 spiro atoms. The van der Waals surface area contributed by atoms with Gasteiger partial charge in [-0.2, -0.15) is 0 Å². The van der Waals surface area contributed by atoms with Crippen molar-refractivity contribution in [2.24, 2.45) is 5.41 Å². The summed E-state index contributed by atoms with van der Waals surface area (Å²) in [6, 6.07) is 7.86. The molecular weight excluding hydrogens is 244 g/mol. The highest BCUT2D eigenvalue weighted by molar-refractivity contribution is 9.10. The lowest BCUT2D eigenvalue weighted by Gasteiger charge is -2.25. The molecule has 0 heterocycles. The summed E-state index contributed by atoms with van der Waals surface area (Å²) in [4.78, 5) is 0. The van der Waals surface area contributed by atoms with Gasteiger partial charge in [0.1, 0.15) is 0 Å². The summed E-state index contributed by atoms with van der Waals surface area (Å²) < 4.78 is 1.02. The zero-order valence-electron chi connectivity index (χ0n) is 8.20. The van der Waals surface area contributed by atoms with Gasteiger partial charge in [-0.3, -0.25) is 0 Å². The van der Waals surface area contributed by atoms with Gasteiger partial charge in [-0.1, -0.05) is 41.1 Å². The van der Waals surface area contributed by atoms with Gasteiger partial charge in [0, 0.05) is 9.89 Å². The molecule has 2 nitrogen and oxygen atoms in total. The van der Waals surface area contributed by atoms with Crippen LogP contribution in [0.1, 0.15) is 12.5 Å². The third kappa shape index (κ3) is 2.80. The lowest BCUT2D eigenvalue weighted by molar-refractivity contribution is 0.0702. The molecule has 0 bridgehead atoms. The van der Waals surface area contributed by atoms with Crippen molar-refractivity contribution in [2.45, 2.75) is 13.3 Å². The van der Waals surface area contributed by atoms with Crippen molar-refractivity contribution in [3.63, 3.8) is 0 Å². The van der Waals surface area contributed by atoms with Crippen LogP contribution >= 0.6 is 15.9 Å². The standard InChI is InChI=1S/C11H15BrO2/c1-11(7-13,8-14)6-9-4-2-3-5-10(9)12/h2-5,13-14H,6-8H2,1H3. The van der Waals surface area contributed by atoms with Crippen LogP contribution in [-0.4, -0.2) is 23.4 Å². The minimum absolute atomic E-state index is 0.00909. The molecule has 78 valence electrons. The Labute approximate surface area is 92.7 Å². The summed E-state index contributed by atoms with van der Waals surface area (Å²) in [7, 11) is 0. The molecule has 0 aliphatic rings. The average Bonchev–Trinajstić information content (AvgIpc) is 2.21. The Morgan fingerprint density at radius 1 is 1.21 bits per heavy atom. The summed E-state index contributed by atoms with van der Waals surface area (Å²) in [5.74, 6) is 0. The van der Waals surface area contributed by atoms with Crippen LogP contribution in [0.2, 0.25) is 0 Å². The van der Waals surface area contributed by atoms with Gasteiger partial charge in [-0.15, -0.1) is 0 Å². The van der Waals surface area contributed by atoms with Crippen molar-refractivity contribution in [3.8, 4) is 0 Å². The van der Waals surface area contributed by atoms with Gasteiger partial charge in [0.2, 0.25) is 0 Å². The minimum Gasteiger partial charge on any atom is -0.396 e. The molecule has 0 radical (unpaired) electrons. The van der Waals surface area contributed by atoms with E-state index in [-0.39, 0.29) is 13.2 Å². The van der Waals surface area contributed by atoms with Crippen LogP contribution in [0.4, 0.5) is 0 Å². The maximum Gasteiger partial charge on any atom is 0.0509 e. The van der Waals surface area contributed by atoms with Crippen LogP contribution in [0.3, 0.4) is 0 Å². The van der Waals surface area contributed by atoms with Gasteiger partial charge in [-0.05, 0) is 18.1 Å². The normalized spacial score (nSPS) is 11.7. The lowest BCUT2D eigenvalue weighted by atomic mass is 9.85. The third-order valence-electron chi connectivity index (χ3n) is 2.34. The van der Waals surface area contributed by atoms with E-state index in [1.165, 1.54) is 0 Å². The first-order valence-corrected chi connectivity index (χ1v) is 5.36. The van der Waals surface area contributed by atoms with E-state index in [2.05, 4.69) is 15.9 Å². The van der Waals surface area contributed by atoms with E-state index in [4.69, 9.17) is 10.2 Å². The van der Waals surface area contributed by atoms with Gasteiger partial charge in [0.05, 0.1) is 13.2 Å².